The maximum absolute atomic E-state index is 13.3. The Morgan fingerprint density at radius 3 is 2.14 bits per heavy atom. The molecule has 0 amide bonds. The van der Waals surface area contributed by atoms with Crippen LogP contribution in [0.5, 0.6) is 0 Å². The van der Waals surface area contributed by atoms with E-state index in [2.05, 4.69) is 11.6 Å². The van der Waals surface area contributed by atoms with Crippen molar-refractivity contribution < 1.29 is 12.8 Å². The molecule has 0 bridgehead atoms. The van der Waals surface area contributed by atoms with E-state index in [0.29, 0.717) is 11.1 Å². The maximum Gasteiger partial charge on any atom is 0.241 e. The second kappa shape index (κ2) is 6.44. The minimum absolute atomic E-state index is 0.00153. The smallest absolute Gasteiger partial charge is 0.208 e. The number of benzene rings is 1. The van der Waals surface area contributed by atoms with Gasteiger partial charge in [-0.1, -0.05) is 13.3 Å². The van der Waals surface area contributed by atoms with Crippen molar-refractivity contribution in [2.75, 3.05) is 0 Å². The Morgan fingerprint density at radius 2 is 1.67 bits per heavy atom. The highest BCUT2D eigenvalue weighted by atomic mass is 32.2. The van der Waals surface area contributed by atoms with E-state index in [1.54, 1.807) is 13.8 Å². The van der Waals surface area contributed by atoms with Crippen LogP contribution in [0.3, 0.4) is 0 Å². The van der Waals surface area contributed by atoms with E-state index in [-0.39, 0.29) is 10.9 Å². The molecule has 3 nitrogen and oxygen atoms in total. The number of sulfonamides is 1. The van der Waals surface area contributed by atoms with Crippen LogP contribution in [0.15, 0.2) is 17.0 Å². The minimum Gasteiger partial charge on any atom is -0.208 e. The van der Waals surface area contributed by atoms with E-state index in [1.165, 1.54) is 12.1 Å². The molecule has 1 aliphatic rings. The fourth-order valence-corrected chi connectivity index (χ4v) is 5.05. The van der Waals surface area contributed by atoms with Crippen LogP contribution in [0.2, 0.25) is 0 Å². The van der Waals surface area contributed by atoms with Crippen molar-refractivity contribution in [3.63, 3.8) is 0 Å². The Labute approximate surface area is 127 Å². The molecule has 0 atom stereocenters. The average Bonchev–Trinajstić information content (AvgIpc) is 2.37. The van der Waals surface area contributed by atoms with Crippen LogP contribution in [0.25, 0.3) is 0 Å². The highest BCUT2D eigenvalue weighted by Crippen LogP contribution is 2.28. The van der Waals surface area contributed by atoms with Gasteiger partial charge in [0.2, 0.25) is 10.0 Å². The minimum atomic E-state index is -3.58. The molecule has 118 valence electrons. The number of aryl methyl sites for hydroxylation is 2. The van der Waals surface area contributed by atoms with E-state index in [1.807, 2.05) is 0 Å². The summed E-state index contributed by atoms with van der Waals surface area (Å²) in [6.45, 7) is 5.46. The molecule has 21 heavy (non-hydrogen) atoms. The van der Waals surface area contributed by atoms with Gasteiger partial charge in [-0.3, -0.25) is 0 Å². The van der Waals surface area contributed by atoms with Crippen LogP contribution in [0, 0.1) is 25.6 Å². The third kappa shape index (κ3) is 3.83. The fraction of sp³-hybridized carbons (Fsp3) is 0.625. The van der Waals surface area contributed by atoms with Crippen molar-refractivity contribution in [3.05, 3.63) is 29.1 Å². The zero-order valence-corrected chi connectivity index (χ0v) is 13.8. The van der Waals surface area contributed by atoms with E-state index < -0.39 is 15.8 Å². The summed E-state index contributed by atoms with van der Waals surface area (Å²) in [5.74, 6) is 0.326. The van der Waals surface area contributed by atoms with E-state index in [4.69, 9.17) is 0 Å². The van der Waals surface area contributed by atoms with E-state index in [9.17, 15) is 12.8 Å². The predicted octanol–water partition coefficient (Wildman–Crippen LogP) is 3.69. The summed E-state index contributed by atoms with van der Waals surface area (Å²) in [4.78, 5) is 0.224. The first-order valence-corrected chi connectivity index (χ1v) is 9.11. The van der Waals surface area contributed by atoms with Crippen LogP contribution >= 0.6 is 0 Å². The number of rotatable bonds is 4. The lowest BCUT2D eigenvalue weighted by Crippen LogP contribution is -2.38. The third-order valence-corrected chi connectivity index (χ3v) is 6.26. The third-order valence-electron chi connectivity index (χ3n) is 4.44. The molecule has 1 fully saturated rings. The largest absolute Gasteiger partial charge is 0.241 e. The van der Waals surface area contributed by atoms with Gasteiger partial charge in [0, 0.05) is 6.04 Å². The molecular weight excluding hydrogens is 289 g/mol. The van der Waals surface area contributed by atoms with Crippen molar-refractivity contribution in [1.82, 2.24) is 4.72 Å². The van der Waals surface area contributed by atoms with Gasteiger partial charge in [-0.15, -0.1) is 0 Å². The summed E-state index contributed by atoms with van der Waals surface area (Å²) >= 11 is 0. The normalized spacial score (nSPS) is 23.2. The Balaban J connectivity index is 2.16. The van der Waals surface area contributed by atoms with Crippen molar-refractivity contribution in [2.45, 2.75) is 63.8 Å². The molecule has 1 N–H and O–H groups in total. The molecule has 0 unspecified atom stereocenters. The summed E-state index contributed by atoms with van der Waals surface area (Å²) in [5.41, 5.74) is 0.921. The molecule has 0 aliphatic heterocycles. The molecular formula is C16H24FNO2S. The first kappa shape index (κ1) is 16.4. The first-order valence-electron chi connectivity index (χ1n) is 7.62. The highest BCUT2D eigenvalue weighted by molar-refractivity contribution is 7.89. The molecule has 1 aliphatic carbocycles. The SMILES string of the molecule is CCC1CCC(NS(=O)(=O)c2c(C)cc(F)cc2C)CC1. The topological polar surface area (TPSA) is 46.2 Å². The summed E-state index contributed by atoms with van der Waals surface area (Å²) in [5, 5.41) is 0. The zero-order chi connectivity index (χ0) is 15.6. The van der Waals surface area contributed by atoms with Gasteiger partial charge in [-0.05, 0) is 68.7 Å². The molecule has 5 heteroatoms. The lowest BCUT2D eigenvalue weighted by Gasteiger charge is -2.28. The van der Waals surface area contributed by atoms with Crippen LogP contribution in [0.4, 0.5) is 4.39 Å². The van der Waals surface area contributed by atoms with Crippen LogP contribution in [0.1, 0.15) is 50.2 Å². The Bertz CT molecular complexity index is 582. The molecule has 1 aromatic carbocycles. The molecule has 0 radical (unpaired) electrons. The Morgan fingerprint density at radius 1 is 1.14 bits per heavy atom. The second-order valence-corrected chi connectivity index (χ2v) is 7.77. The second-order valence-electron chi connectivity index (χ2n) is 6.12. The number of nitrogens with one attached hydrogen (secondary N) is 1. The average molecular weight is 313 g/mol. The van der Waals surface area contributed by atoms with Crippen molar-refractivity contribution >= 4 is 10.0 Å². The van der Waals surface area contributed by atoms with Crippen LogP contribution in [-0.2, 0) is 10.0 Å². The van der Waals surface area contributed by atoms with Gasteiger partial charge in [-0.25, -0.2) is 17.5 Å². The maximum atomic E-state index is 13.3. The van der Waals surface area contributed by atoms with Gasteiger partial charge in [0.15, 0.2) is 0 Å². The van der Waals surface area contributed by atoms with Crippen LogP contribution < -0.4 is 4.72 Å². The zero-order valence-electron chi connectivity index (χ0n) is 12.9. The number of halogens is 1. The molecule has 0 saturated heterocycles. The molecule has 2 rings (SSSR count). The van der Waals surface area contributed by atoms with Gasteiger partial charge >= 0.3 is 0 Å². The van der Waals surface area contributed by atoms with Gasteiger partial charge in [0.1, 0.15) is 5.82 Å². The molecule has 1 saturated carbocycles. The Hall–Kier alpha value is -0.940. The van der Waals surface area contributed by atoms with Crippen molar-refractivity contribution in [2.24, 2.45) is 5.92 Å². The number of hydrogen-bond acceptors (Lipinski definition) is 2. The lowest BCUT2D eigenvalue weighted by atomic mass is 9.85. The van der Waals surface area contributed by atoms with Gasteiger partial charge in [0.25, 0.3) is 0 Å². The number of hydrogen-bond donors (Lipinski definition) is 1. The quantitative estimate of drug-likeness (QED) is 0.921. The summed E-state index contributed by atoms with van der Waals surface area (Å²) in [6, 6.07) is 2.55. The van der Waals surface area contributed by atoms with Gasteiger partial charge < -0.3 is 0 Å². The summed E-state index contributed by atoms with van der Waals surface area (Å²) in [7, 11) is -3.58. The van der Waals surface area contributed by atoms with E-state index >= 15 is 0 Å². The summed E-state index contributed by atoms with van der Waals surface area (Å²) in [6.07, 6.45) is 5.08. The molecule has 1 aromatic rings. The summed E-state index contributed by atoms with van der Waals surface area (Å²) < 4.78 is 41.3. The van der Waals surface area contributed by atoms with Gasteiger partial charge in [0.05, 0.1) is 4.90 Å². The monoisotopic (exact) mass is 313 g/mol. The van der Waals surface area contributed by atoms with Crippen molar-refractivity contribution in [3.8, 4) is 0 Å². The molecule has 0 heterocycles. The standard InChI is InChI=1S/C16H24FNO2S/c1-4-13-5-7-15(8-6-13)18-21(19,20)16-11(2)9-14(17)10-12(16)3/h9-10,13,15,18H,4-8H2,1-3H3. The fourth-order valence-electron chi connectivity index (χ4n) is 3.29. The van der Waals surface area contributed by atoms with Crippen molar-refractivity contribution in [1.29, 1.82) is 0 Å². The van der Waals surface area contributed by atoms with Gasteiger partial charge in [-0.2, -0.15) is 0 Å². The van der Waals surface area contributed by atoms with E-state index in [0.717, 1.165) is 38.0 Å². The lowest BCUT2D eigenvalue weighted by molar-refractivity contribution is 0.306. The highest BCUT2D eigenvalue weighted by Gasteiger charge is 2.27. The molecule has 0 aromatic heterocycles. The Kier molecular flexibility index (Phi) is 5.04. The molecule has 0 spiro atoms. The van der Waals surface area contributed by atoms with Crippen LogP contribution in [-0.4, -0.2) is 14.5 Å². The first-order chi connectivity index (χ1) is 9.83. The predicted molar refractivity (Wildman–Crippen MR) is 82.2 cm³/mol.